The Hall–Kier alpha value is -1.98. The molecule has 0 aromatic heterocycles. The van der Waals surface area contributed by atoms with Gasteiger partial charge in [-0.15, -0.1) is 11.8 Å². The van der Waals surface area contributed by atoms with Crippen molar-refractivity contribution in [1.29, 1.82) is 0 Å². The Kier molecular flexibility index (Phi) is 9.55. The van der Waals surface area contributed by atoms with Crippen molar-refractivity contribution < 1.29 is 9.59 Å². The van der Waals surface area contributed by atoms with Crippen LogP contribution in [0.25, 0.3) is 0 Å². The van der Waals surface area contributed by atoms with Gasteiger partial charge in [0.25, 0.3) is 0 Å². The molecule has 1 atom stereocenters. The molecule has 1 N–H and O–H groups in total. The Morgan fingerprint density at radius 2 is 1.90 bits per heavy atom. The second-order valence-corrected chi connectivity index (χ2v) is 8.59. The molecule has 0 aliphatic heterocycles. The Balaban J connectivity index is 1.97. The van der Waals surface area contributed by atoms with Gasteiger partial charge in [-0.3, -0.25) is 9.59 Å². The van der Waals surface area contributed by atoms with Crippen molar-refractivity contribution in [2.24, 2.45) is 0 Å². The number of hydrogen-bond donors (Lipinski definition) is 1. The molecule has 2 aromatic carbocycles. The summed E-state index contributed by atoms with van der Waals surface area (Å²) in [6.07, 6.45) is 1.16. The molecule has 0 heterocycles. The van der Waals surface area contributed by atoms with Gasteiger partial charge in [0.15, 0.2) is 0 Å². The fourth-order valence-electron chi connectivity index (χ4n) is 3.00. The van der Waals surface area contributed by atoms with Crippen LogP contribution < -0.4 is 5.32 Å². The van der Waals surface area contributed by atoms with Gasteiger partial charge in [-0.2, -0.15) is 0 Å². The lowest BCUT2D eigenvalue weighted by atomic mass is 10.1. The Morgan fingerprint density at radius 3 is 2.55 bits per heavy atom. The first-order valence-corrected chi connectivity index (χ1v) is 11.3. The van der Waals surface area contributed by atoms with Crippen molar-refractivity contribution in [3.8, 4) is 0 Å². The van der Waals surface area contributed by atoms with Crippen LogP contribution in [0.5, 0.6) is 0 Å². The zero-order chi connectivity index (χ0) is 21.2. The smallest absolute Gasteiger partial charge is 0.242 e. The van der Waals surface area contributed by atoms with E-state index in [0.717, 1.165) is 33.2 Å². The first-order chi connectivity index (χ1) is 13.9. The third kappa shape index (κ3) is 7.75. The van der Waals surface area contributed by atoms with Gasteiger partial charge in [0.2, 0.25) is 11.8 Å². The maximum atomic E-state index is 13.0. The van der Waals surface area contributed by atoms with Gasteiger partial charge in [0.1, 0.15) is 6.04 Å². The van der Waals surface area contributed by atoms with Crippen molar-refractivity contribution in [2.45, 2.75) is 51.1 Å². The van der Waals surface area contributed by atoms with E-state index in [1.54, 1.807) is 23.6 Å². The van der Waals surface area contributed by atoms with Crippen molar-refractivity contribution in [3.05, 3.63) is 64.7 Å². The SMILES string of the molecule is CCNC(=O)[C@H](C)N(Cc1cccc(C)c1)C(=O)CCCSc1ccc(Cl)cc1. The highest BCUT2D eigenvalue weighted by molar-refractivity contribution is 7.99. The standard InChI is InChI=1S/C23H29ClN2O2S/c1-4-25-23(28)18(3)26(16-19-8-5-7-17(2)15-19)22(27)9-6-14-29-21-12-10-20(24)11-13-21/h5,7-8,10-13,15,18H,4,6,9,14,16H2,1-3H3,(H,25,28)/t18-/m0/s1. The van der Waals surface area contributed by atoms with Gasteiger partial charge in [-0.25, -0.2) is 0 Å². The molecule has 0 spiro atoms. The first-order valence-electron chi connectivity index (χ1n) is 9.91. The largest absolute Gasteiger partial charge is 0.355 e. The van der Waals surface area contributed by atoms with Crippen LogP contribution in [0.1, 0.15) is 37.8 Å². The van der Waals surface area contributed by atoms with Crippen molar-refractivity contribution in [2.75, 3.05) is 12.3 Å². The second-order valence-electron chi connectivity index (χ2n) is 6.99. The minimum absolute atomic E-state index is 0.00182. The highest BCUT2D eigenvalue weighted by Gasteiger charge is 2.25. The lowest BCUT2D eigenvalue weighted by Gasteiger charge is -2.29. The molecule has 2 amide bonds. The van der Waals surface area contributed by atoms with E-state index in [0.29, 0.717) is 19.5 Å². The van der Waals surface area contributed by atoms with Gasteiger partial charge < -0.3 is 10.2 Å². The van der Waals surface area contributed by atoms with Gasteiger partial charge in [0.05, 0.1) is 0 Å². The summed E-state index contributed by atoms with van der Waals surface area (Å²) >= 11 is 7.61. The summed E-state index contributed by atoms with van der Waals surface area (Å²) in [5.41, 5.74) is 2.17. The van der Waals surface area contributed by atoms with Crippen LogP contribution in [-0.2, 0) is 16.1 Å². The monoisotopic (exact) mass is 432 g/mol. The van der Waals surface area contributed by atoms with E-state index in [9.17, 15) is 9.59 Å². The molecule has 0 saturated carbocycles. The molecule has 2 rings (SSSR count). The normalized spacial score (nSPS) is 11.7. The third-order valence-electron chi connectivity index (χ3n) is 4.57. The van der Waals surface area contributed by atoms with Gasteiger partial charge in [0, 0.05) is 29.4 Å². The van der Waals surface area contributed by atoms with Crippen LogP contribution in [0, 0.1) is 6.92 Å². The number of nitrogens with one attached hydrogen (secondary N) is 1. The number of benzene rings is 2. The fraction of sp³-hybridized carbons (Fsp3) is 0.391. The van der Waals surface area contributed by atoms with E-state index >= 15 is 0 Å². The molecule has 4 nitrogen and oxygen atoms in total. The molecule has 0 unspecified atom stereocenters. The van der Waals surface area contributed by atoms with Crippen LogP contribution in [-0.4, -0.2) is 35.1 Å². The van der Waals surface area contributed by atoms with Gasteiger partial charge in [-0.1, -0.05) is 41.4 Å². The maximum absolute atomic E-state index is 13.0. The minimum Gasteiger partial charge on any atom is -0.355 e. The molecule has 29 heavy (non-hydrogen) atoms. The highest BCUT2D eigenvalue weighted by Crippen LogP contribution is 2.22. The maximum Gasteiger partial charge on any atom is 0.242 e. The van der Waals surface area contributed by atoms with Crippen molar-refractivity contribution >= 4 is 35.2 Å². The predicted molar refractivity (Wildman–Crippen MR) is 121 cm³/mol. The van der Waals surface area contributed by atoms with Crippen LogP contribution in [0.15, 0.2) is 53.4 Å². The van der Waals surface area contributed by atoms with Crippen LogP contribution in [0.3, 0.4) is 0 Å². The third-order valence-corrected chi connectivity index (χ3v) is 5.92. The number of thioether (sulfide) groups is 1. The van der Waals surface area contributed by atoms with Crippen LogP contribution in [0.4, 0.5) is 0 Å². The molecule has 0 aliphatic carbocycles. The van der Waals surface area contributed by atoms with Gasteiger partial charge >= 0.3 is 0 Å². The van der Waals surface area contributed by atoms with E-state index in [1.165, 1.54) is 0 Å². The molecule has 156 valence electrons. The van der Waals surface area contributed by atoms with E-state index in [2.05, 4.69) is 11.4 Å². The molecule has 2 aromatic rings. The van der Waals surface area contributed by atoms with Crippen LogP contribution >= 0.6 is 23.4 Å². The molecule has 6 heteroatoms. The number of carbonyl (C=O) groups is 2. The predicted octanol–water partition coefficient (Wildman–Crippen LogP) is 5.07. The zero-order valence-electron chi connectivity index (χ0n) is 17.3. The summed E-state index contributed by atoms with van der Waals surface area (Å²) in [7, 11) is 0. The molecule has 0 saturated heterocycles. The molecular formula is C23H29ClN2O2S. The summed E-state index contributed by atoms with van der Waals surface area (Å²) in [5.74, 6) is 0.715. The van der Waals surface area contributed by atoms with E-state index in [1.807, 2.05) is 56.3 Å². The van der Waals surface area contributed by atoms with E-state index in [-0.39, 0.29) is 11.8 Å². The number of likely N-dealkylation sites (N-methyl/N-ethyl adjacent to an activating group) is 1. The van der Waals surface area contributed by atoms with E-state index < -0.39 is 6.04 Å². The Morgan fingerprint density at radius 1 is 1.17 bits per heavy atom. The average molecular weight is 433 g/mol. The molecule has 0 fully saturated rings. The quantitative estimate of drug-likeness (QED) is 0.421. The molecular weight excluding hydrogens is 404 g/mol. The number of rotatable bonds is 10. The highest BCUT2D eigenvalue weighted by atomic mass is 35.5. The number of amides is 2. The summed E-state index contributed by atoms with van der Waals surface area (Å²) in [5, 5.41) is 3.54. The van der Waals surface area contributed by atoms with E-state index in [4.69, 9.17) is 11.6 Å². The zero-order valence-corrected chi connectivity index (χ0v) is 18.9. The summed E-state index contributed by atoms with van der Waals surface area (Å²) in [6.45, 7) is 6.68. The number of aryl methyl sites for hydroxylation is 1. The lowest BCUT2D eigenvalue weighted by molar-refractivity contribution is -0.140. The summed E-state index contributed by atoms with van der Waals surface area (Å²) in [4.78, 5) is 28.1. The number of hydrogen-bond acceptors (Lipinski definition) is 3. The number of carbonyl (C=O) groups excluding carboxylic acids is 2. The van der Waals surface area contributed by atoms with Gasteiger partial charge in [-0.05, 0) is 62.8 Å². The topological polar surface area (TPSA) is 49.4 Å². The first kappa shape index (κ1) is 23.3. The summed E-state index contributed by atoms with van der Waals surface area (Å²) in [6, 6.07) is 15.2. The fourth-order valence-corrected chi connectivity index (χ4v) is 3.98. The second kappa shape index (κ2) is 11.9. The Bertz CT molecular complexity index is 811. The molecule has 0 bridgehead atoms. The molecule has 0 aliphatic rings. The average Bonchev–Trinajstić information content (AvgIpc) is 2.70. The summed E-state index contributed by atoms with van der Waals surface area (Å²) < 4.78 is 0. The van der Waals surface area contributed by atoms with Crippen molar-refractivity contribution in [1.82, 2.24) is 10.2 Å². The number of nitrogens with zero attached hydrogens (tertiary/aromatic N) is 1. The lowest BCUT2D eigenvalue weighted by Crippen LogP contribution is -2.47. The van der Waals surface area contributed by atoms with Crippen molar-refractivity contribution in [3.63, 3.8) is 0 Å². The Labute approximate surface area is 183 Å². The van der Waals surface area contributed by atoms with Crippen LogP contribution in [0.2, 0.25) is 5.02 Å². The minimum atomic E-state index is -0.508. The molecule has 0 radical (unpaired) electrons. The number of halogens is 1.